The number of amidine groups is 1. The Kier molecular flexibility index (Phi) is 6.37. The van der Waals surface area contributed by atoms with E-state index >= 15 is 0 Å². The van der Waals surface area contributed by atoms with Crippen LogP contribution in [0.25, 0.3) is 17.0 Å². The Morgan fingerprint density at radius 3 is 2.69 bits per heavy atom. The number of aromatic nitrogens is 2. The summed E-state index contributed by atoms with van der Waals surface area (Å²) >= 11 is 7.13. The number of likely N-dealkylation sites (tertiary alicyclic amines) is 1. The fraction of sp³-hybridized carbons (Fsp3) is 0.292. The smallest absolute Gasteiger partial charge is 0.351 e. The van der Waals surface area contributed by atoms with Crippen LogP contribution in [0.3, 0.4) is 0 Å². The SMILES string of the molecule is NC1CCN(C2=NC(=O)C(=Cc3ccc4c(cnn4Cc4ccc(Cl)cc4C(F)(F)F)c3)S2)CC1. The maximum atomic E-state index is 13.5. The van der Waals surface area contributed by atoms with Gasteiger partial charge in [-0.2, -0.15) is 23.3 Å². The molecule has 6 nitrogen and oxygen atoms in total. The van der Waals surface area contributed by atoms with Crippen LogP contribution in [0.5, 0.6) is 0 Å². The van der Waals surface area contributed by atoms with E-state index in [9.17, 15) is 18.0 Å². The first kappa shape index (κ1) is 23.9. The highest BCUT2D eigenvalue weighted by Gasteiger charge is 2.34. The van der Waals surface area contributed by atoms with Gasteiger partial charge in [-0.25, -0.2) is 0 Å². The average Bonchev–Trinajstić information content (AvgIpc) is 3.38. The second-order valence-corrected chi connectivity index (χ2v) is 10.00. The zero-order chi connectivity index (χ0) is 24.7. The molecule has 35 heavy (non-hydrogen) atoms. The van der Waals surface area contributed by atoms with Crippen molar-refractivity contribution in [2.75, 3.05) is 13.1 Å². The van der Waals surface area contributed by atoms with Gasteiger partial charge in [0.1, 0.15) is 0 Å². The molecule has 0 bridgehead atoms. The molecule has 0 saturated carbocycles. The third-order valence-electron chi connectivity index (χ3n) is 6.08. The number of rotatable bonds is 3. The van der Waals surface area contributed by atoms with Crippen molar-refractivity contribution < 1.29 is 18.0 Å². The Morgan fingerprint density at radius 2 is 1.94 bits per heavy atom. The molecule has 3 aromatic rings. The number of hydrogen-bond acceptors (Lipinski definition) is 5. The summed E-state index contributed by atoms with van der Waals surface area (Å²) in [6.07, 6.45) is 0.594. The van der Waals surface area contributed by atoms with E-state index in [1.807, 2.05) is 12.1 Å². The predicted octanol–water partition coefficient (Wildman–Crippen LogP) is 5.15. The van der Waals surface area contributed by atoms with Gasteiger partial charge >= 0.3 is 6.18 Å². The number of carbonyl (C=O) groups excluding carboxylic acids is 1. The second-order valence-electron chi connectivity index (χ2n) is 8.55. The van der Waals surface area contributed by atoms with Gasteiger partial charge in [0.25, 0.3) is 5.91 Å². The average molecular weight is 520 g/mol. The lowest BCUT2D eigenvalue weighted by atomic mass is 10.1. The van der Waals surface area contributed by atoms with E-state index in [1.54, 1.807) is 18.3 Å². The zero-order valence-corrected chi connectivity index (χ0v) is 20.0. The van der Waals surface area contributed by atoms with Gasteiger partial charge in [0.15, 0.2) is 5.17 Å². The quantitative estimate of drug-likeness (QED) is 0.484. The van der Waals surface area contributed by atoms with Crippen LogP contribution in [0, 0.1) is 0 Å². The first-order chi connectivity index (χ1) is 16.7. The lowest BCUT2D eigenvalue weighted by Crippen LogP contribution is -2.41. The summed E-state index contributed by atoms with van der Waals surface area (Å²) in [5.41, 5.74) is 6.73. The number of fused-ring (bicyclic) bond motifs is 1. The van der Waals surface area contributed by atoms with Crippen molar-refractivity contribution in [1.82, 2.24) is 14.7 Å². The minimum atomic E-state index is -4.52. The summed E-state index contributed by atoms with van der Waals surface area (Å²) in [4.78, 5) is 19.3. The van der Waals surface area contributed by atoms with Crippen LogP contribution in [0.1, 0.15) is 29.5 Å². The molecule has 0 spiro atoms. The fourth-order valence-corrected chi connectivity index (χ4v) is 5.35. The van der Waals surface area contributed by atoms with E-state index in [4.69, 9.17) is 17.3 Å². The largest absolute Gasteiger partial charge is 0.416 e. The molecular formula is C24H21ClF3N5OS. The lowest BCUT2D eigenvalue weighted by molar-refractivity contribution is -0.138. The summed E-state index contributed by atoms with van der Waals surface area (Å²) in [5, 5.41) is 5.77. The van der Waals surface area contributed by atoms with Crippen molar-refractivity contribution in [3.63, 3.8) is 0 Å². The maximum absolute atomic E-state index is 13.5. The van der Waals surface area contributed by atoms with Crippen LogP contribution in [-0.4, -0.2) is 44.9 Å². The Labute approximate surface area is 208 Å². The third kappa shape index (κ3) is 5.10. The number of nitrogens with zero attached hydrogens (tertiary/aromatic N) is 4. The number of nitrogens with two attached hydrogens (primary N) is 1. The number of hydrogen-bond donors (Lipinski definition) is 1. The zero-order valence-electron chi connectivity index (χ0n) is 18.4. The van der Waals surface area contributed by atoms with Gasteiger partial charge in [0.2, 0.25) is 0 Å². The molecule has 1 saturated heterocycles. The molecule has 1 fully saturated rings. The van der Waals surface area contributed by atoms with Crippen molar-refractivity contribution in [2.45, 2.75) is 31.6 Å². The van der Waals surface area contributed by atoms with Gasteiger partial charge in [-0.05, 0) is 66.1 Å². The number of piperidine rings is 1. The predicted molar refractivity (Wildman–Crippen MR) is 132 cm³/mol. The Morgan fingerprint density at radius 1 is 1.17 bits per heavy atom. The van der Waals surface area contributed by atoms with Gasteiger partial charge in [-0.3, -0.25) is 9.48 Å². The van der Waals surface area contributed by atoms with Crippen molar-refractivity contribution in [3.8, 4) is 0 Å². The van der Waals surface area contributed by atoms with Crippen molar-refractivity contribution in [3.05, 3.63) is 69.2 Å². The lowest BCUT2D eigenvalue weighted by Gasteiger charge is -2.30. The van der Waals surface area contributed by atoms with E-state index < -0.39 is 11.7 Å². The molecule has 1 amide bonds. The minimum absolute atomic E-state index is 0.0272. The molecule has 1 aromatic heterocycles. The van der Waals surface area contributed by atoms with Crippen LogP contribution in [0.4, 0.5) is 13.2 Å². The number of aliphatic imine (C=N–C) groups is 1. The highest BCUT2D eigenvalue weighted by Crippen LogP contribution is 2.35. The monoisotopic (exact) mass is 519 g/mol. The van der Waals surface area contributed by atoms with Gasteiger partial charge in [0, 0.05) is 29.5 Å². The molecule has 0 aliphatic carbocycles. The molecule has 5 rings (SSSR count). The van der Waals surface area contributed by atoms with E-state index in [0.29, 0.717) is 15.6 Å². The van der Waals surface area contributed by atoms with Crippen LogP contribution in [0.2, 0.25) is 5.02 Å². The van der Waals surface area contributed by atoms with Gasteiger partial charge < -0.3 is 10.6 Å². The highest BCUT2D eigenvalue weighted by atomic mass is 35.5. The Balaban J connectivity index is 1.36. The number of benzene rings is 2. The molecule has 11 heteroatoms. The molecular weight excluding hydrogens is 499 g/mol. The molecule has 2 N–H and O–H groups in total. The number of carbonyl (C=O) groups is 1. The highest BCUT2D eigenvalue weighted by molar-refractivity contribution is 8.18. The van der Waals surface area contributed by atoms with E-state index in [2.05, 4.69) is 15.0 Å². The van der Waals surface area contributed by atoms with E-state index in [1.165, 1.54) is 28.6 Å². The topological polar surface area (TPSA) is 76.5 Å². The van der Waals surface area contributed by atoms with Gasteiger partial charge in [0.05, 0.1) is 28.7 Å². The molecule has 0 atom stereocenters. The van der Waals surface area contributed by atoms with Crippen LogP contribution in [0.15, 0.2) is 52.5 Å². The Hall–Kier alpha value is -2.82. The van der Waals surface area contributed by atoms with Crippen LogP contribution >= 0.6 is 23.4 Å². The third-order valence-corrected chi connectivity index (χ3v) is 7.36. The fourth-order valence-electron chi connectivity index (χ4n) is 4.21. The summed E-state index contributed by atoms with van der Waals surface area (Å²) in [5.74, 6) is -0.280. The van der Waals surface area contributed by atoms with Crippen molar-refractivity contribution in [2.24, 2.45) is 10.7 Å². The first-order valence-corrected chi connectivity index (χ1v) is 12.2. The molecule has 3 heterocycles. The summed E-state index contributed by atoms with van der Waals surface area (Å²) in [6, 6.07) is 9.38. The number of alkyl halides is 3. The summed E-state index contributed by atoms with van der Waals surface area (Å²) in [6.45, 7) is 1.51. The van der Waals surface area contributed by atoms with E-state index in [0.717, 1.165) is 42.9 Å². The number of thioether (sulfide) groups is 1. The summed E-state index contributed by atoms with van der Waals surface area (Å²) < 4.78 is 41.9. The molecule has 182 valence electrons. The van der Waals surface area contributed by atoms with Crippen molar-refractivity contribution in [1.29, 1.82) is 0 Å². The number of amides is 1. The maximum Gasteiger partial charge on any atom is 0.416 e. The van der Waals surface area contributed by atoms with Gasteiger partial charge in [-0.15, -0.1) is 0 Å². The van der Waals surface area contributed by atoms with Gasteiger partial charge in [-0.1, -0.05) is 23.7 Å². The van der Waals surface area contributed by atoms with Crippen LogP contribution in [-0.2, 0) is 17.5 Å². The van der Waals surface area contributed by atoms with E-state index in [-0.39, 0.29) is 29.1 Å². The normalized spacial score (nSPS) is 18.7. The minimum Gasteiger partial charge on any atom is -0.351 e. The van der Waals surface area contributed by atoms with Crippen LogP contribution < -0.4 is 5.73 Å². The molecule has 0 radical (unpaired) electrons. The Bertz CT molecular complexity index is 1360. The molecule has 2 aliphatic rings. The second kappa shape index (κ2) is 9.33. The summed E-state index contributed by atoms with van der Waals surface area (Å²) in [7, 11) is 0. The molecule has 2 aliphatic heterocycles. The number of halogens is 4. The van der Waals surface area contributed by atoms with Crippen molar-refractivity contribution >= 4 is 51.4 Å². The standard InChI is InChI=1S/C24H21ClF3N5OS/c25-17-3-2-15(19(11-17)24(26,27)28)13-33-20-4-1-14(9-16(20)12-30-33)10-21-22(34)31-23(35-21)32-7-5-18(29)6-8-32/h1-4,9-12,18H,5-8,13,29H2. The molecule has 0 unspecified atom stereocenters. The molecule has 2 aromatic carbocycles. The first-order valence-electron chi connectivity index (χ1n) is 11.0.